The highest BCUT2D eigenvalue weighted by atomic mass is 79.9. The molecule has 2 aliphatic rings. The van der Waals surface area contributed by atoms with E-state index < -0.39 is 0 Å². The van der Waals surface area contributed by atoms with Crippen molar-refractivity contribution in [2.75, 3.05) is 13.1 Å². The first-order valence-corrected chi connectivity index (χ1v) is 11.4. The van der Waals surface area contributed by atoms with Crippen LogP contribution in [-0.4, -0.2) is 38.7 Å². The Morgan fingerprint density at radius 2 is 1.90 bits per heavy atom. The third-order valence-electron chi connectivity index (χ3n) is 5.78. The molecule has 1 aromatic carbocycles. The first-order chi connectivity index (χ1) is 14.8. The van der Waals surface area contributed by atoms with Crippen molar-refractivity contribution in [1.29, 1.82) is 0 Å². The van der Waals surface area contributed by atoms with E-state index in [0.29, 0.717) is 0 Å². The van der Waals surface area contributed by atoms with Crippen molar-refractivity contribution in [3.05, 3.63) is 75.9 Å². The summed E-state index contributed by atoms with van der Waals surface area (Å²) in [7, 11) is 0. The maximum Gasteiger partial charge on any atom is 0.173 e. The summed E-state index contributed by atoms with van der Waals surface area (Å²) in [4.78, 5) is 21.2. The molecule has 0 bridgehead atoms. The Morgan fingerprint density at radius 3 is 2.70 bits per heavy atom. The van der Waals surface area contributed by atoms with Crippen LogP contribution in [0.15, 0.2) is 58.3 Å². The Morgan fingerprint density at radius 1 is 0.967 bits per heavy atom. The van der Waals surface area contributed by atoms with Crippen molar-refractivity contribution in [3.63, 3.8) is 0 Å². The topological polar surface area (TPSA) is 54.3 Å². The van der Waals surface area contributed by atoms with E-state index in [1.807, 2.05) is 30.6 Å². The zero-order valence-corrected chi connectivity index (χ0v) is 18.5. The number of hydrogen-bond donors (Lipinski definition) is 0. The molecule has 0 saturated heterocycles. The highest BCUT2D eigenvalue weighted by Gasteiger charge is 2.20. The Labute approximate surface area is 185 Å². The van der Waals surface area contributed by atoms with Gasteiger partial charge in [0.05, 0.1) is 17.1 Å². The molecule has 5 rings (SSSR count). The summed E-state index contributed by atoms with van der Waals surface area (Å²) in [5.74, 6) is 0.841. The van der Waals surface area contributed by atoms with Crippen LogP contribution < -0.4 is 0 Å². The van der Waals surface area contributed by atoms with Gasteiger partial charge in [-0.3, -0.25) is 14.9 Å². The van der Waals surface area contributed by atoms with Gasteiger partial charge in [0, 0.05) is 60.6 Å². The van der Waals surface area contributed by atoms with Gasteiger partial charge in [-0.15, -0.1) is 0 Å². The molecule has 0 saturated carbocycles. The number of nitrogens with zero attached hydrogens (tertiary/aromatic N) is 5. The van der Waals surface area contributed by atoms with Gasteiger partial charge in [-0.05, 0) is 37.0 Å². The number of rotatable bonds is 4. The van der Waals surface area contributed by atoms with E-state index in [-0.39, 0.29) is 0 Å². The minimum Gasteiger partial charge on any atom is -0.294 e. The van der Waals surface area contributed by atoms with Crippen LogP contribution in [0.5, 0.6) is 0 Å². The lowest BCUT2D eigenvalue weighted by Gasteiger charge is -2.28. The van der Waals surface area contributed by atoms with Crippen molar-refractivity contribution in [1.82, 2.24) is 19.9 Å². The second-order valence-corrected chi connectivity index (χ2v) is 8.80. The van der Waals surface area contributed by atoms with E-state index in [0.717, 1.165) is 66.3 Å². The van der Waals surface area contributed by atoms with E-state index in [4.69, 9.17) is 4.98 Å². The molecule has 0 atom stereocenters. The molecule has 3 aromatic rings. The standard InChI is InChI=1S/C24H24BrN5/c25-20-6-2-1-5-19(20)22-9-8-17(13-27-22)15-30-12-10-21-18(16-30)14-28-24(29-21)23-7-3-4-11-26-23/h1-2,5-6,8-9,13-14H,3-4,7,10-12,15-16H2. The second kappa shape index (κ2) is 8.74. The van der Waals surface area contributed by atoms with Crippen LogP contribution in [0.1, 0.15) is 41.9 Å². The van der Waals surface area contributed by atoms with Crippen LogP contribution in [0.25, 0.3) is 11.3 Å². The fourth-order valence-corrected chi connectivity index (χ4v) is 4.62. The van der Waals surface area contributed by atoms with Crippen molar-refractivity contribution in [3.8, 4) is 11.3 Å². The molecule has 2 aliphatic heterocycles. The van der Waals surface area contributed by atoms with Crippen molar-refractivity contribution in [2.24, 2.45) is 4.99 Å². The lowest BCUT2D eigenvalue weighted by Crippen LogP contribution is -2.31. The zero-order chi connectivity index (χ0) is 20.3. The molecule has 0 aliphatic carbocycles. The number of halogens is 1. The third-order valence-corrected chi connectivity index (χ3v) is 6.47. The molecule has 2 aromatic heterocycles. The number of aliphatic imine (C=N–C) groups is 1. The van der Waals surface area contributed by atoms with Gasteiger partial charge in [0.15, 0.2) is 5.82 Å². The first kappa shape index (κ1) is 19.5. The van der Waals surface area contributed by atoms with Gasteiger partial charge < -0.3 is 0 Å². The molecule has 30 heavy (non-hydrogen) atoms. The maximum atomic E-state index is 4.85. The van der Waals surface area contributed by atoms with Crippen molar-refractivity contribution in [2.45, 2.75) is 38.8 Å². The van der Waals surface area contributed by atoms with Gasteiger partial charge in [-0.25, -0.2) is 9.97 Å². The van der Waals surface area contributed by atoms with Crippen LogP contribution in [-0.2, 0) is 19.5 Å². The number of fused-ring (bicyclic) bond motifs is 1. The quantitative estimate of drug-likeness (QED) is 0.557. The Hall–Kier alpha value is -2.44. The predicted octanol–water partition coefficient (Wildman–Crippen LogP) is 4.83. The van der Waals surface area contributed by atoms with E-state index >= 15 is 0 Å². The van der Waals surface area contributed by atoms with Crippen LogP contribution in [0.3, 0.4) is 0 Å². The SMILES string of the molecule is Brc1ccccc1-c1ccc(CN2CCc3nc(C4=NCCCC4)ncc3C2)cn1. The summed E-state index contributed by atoms with van der Waals surface area (Å²) >= 11 is 3.61. The van der Waals surface area contributed by atoms with Crippen LogP contribution in [0.2, 0.25) is 0 Å². The average molecular weight is 462 g/mol. The molecule has 6 heteroatoms. The van der Waals surface area contributed by atoms with Crippen LogP contribution in [0.4, 0.5) is 0 Å². The Balaban J connectivity index is 1.26. The van der Waals surface area contributed by atoms with Gasteiger partial charge >= 0.3 is 0 Å². The number of benzene rings is 1. The number of hydrogen-bond acceptors (Lipinski definition) is 5. The fourth-order valence-electron chi connectivity index (χ4n) is 4.13. The fraction of sp³-hybridized carbons (Fsp3) is 0.333. The molecule has 0 N–H and O–H groups in total. The number of pyridine rings is 1. The van der Waals surface area contributed by atoms with E-state index in [9.17, 15) is 0 Å². The molecule has 0 spiro atoms. The summed E-state index contributed by atoms with van der Waals surface area (Å²) in [6.07, 6.45) is 8.34. The van der Waals surface area contributed by atoms with E-state index in [1.54, 1.807) is 0 Å². The summed E-state index contributed by atoms with van der Waals surface area (Å²) in [6.45, 7) is 3.69. The average Bonchev–Trinajstić information content (AvgIpc) is 2.80. The molecule has 152 valence electrons. The summed E-state index contributed by atoms with van der Waals surface area (Å²) in [5.41, 5.74) is 6.84. The van der Waals surface area contributed by atoms with Gasteiger partial charge in [-0.2, -0.15) is 0 Å². The molecule has 0 radical (unpaired) electrons. The minimum atomic E-state index is 0.841. The molecular formula is C24H24BrN5. The summed E-state index contributed by atoms with van der Waals surface area (Å²) in [5, 5.41) is 0. The largest absolute Gasteiger partial charge is 0.294 e. The van der Waals surface area contributed by atoms with Crippen molar-refractivity contribution >= 4 is 21.6 Å². The molecular weight excluding hydrogens is 438 g/mol. The second-order valence-electron chi connectivity index (χ2n) is 7.94. The van der Waals surface area contributed by atoms with Gasteiger partial charge in [0.25, 0.3) is 0 Å². The lowest BCUT2D eigenvalue weighted by atomic mass is 10.0. The molecule has 4 heterocycles. The molecule has 0 amide bonds. The number of aromatic nitrogens is 3. The van der Waals surface area contributed by atoms with E-state index in [1.165, 1.54) is 29.7 Å². The van der Waals surface area contributed by atoms with Gasteiger partial charge in [0.1, 0.15) is 0 Å². The summed E-state index contributed by atoms with van der Waals surface area (Å²) < 4.78 is 1.07. The van der Waals surface area contributed by atoms with Gasteiger partial charge in [0.2, 0.25) is 0 Å². The molecule has 0 unspecified atom stereocenters. The Kier molecular flexibility index (Phi) is 5.69. The van der Waals surface area contributed by atoms with Gasteiger partial charge in [-0.1, -0.05) is 40.2 Å². The minimum absolute atomic E-state index is 0.841. The highest BCUT2D eigenvalue weighted by molar-refractivity contribution is 9.10. The maximum absolute atomic E-state index is 4.85. The van der Waals surface area contributed by atoms with Crippen LogP contribution >= 0.6 is 15.9 Å². The Bertz CT molecular complexity index is 1080. The lowest BCUT2D eigenvalue weighted by molar-refractivity contribution is 0.242. The summed E-state index contributed by atoms with van der Waals surface area (Å²) in [6, 6.07) is 12.5. The monoisotopic (exact) mass is 461 g/mol. The third kappa shape index (κ3) is 4.20. The highest BCUT2D eigenvalue weighted by Crippen LogP contribution is 2.27. The normalized spacial score (nSPS) is 16.8. The zero-order valence-electron chi connectivity index (χ0n) is 16.9. The smallest absolute Gasteiger partial charge is 0.173 e. The van der Waals surface area contributed by atoms with Crippen molar-refractivity contribution < 1.29 is 0 Å². The van der Waals surface area contributed by atoms with Crippen LogP contribution in [0, 0.1) is 0 Å². The van der Waals surface area contributed by atoms with E-state index in [2.05, 4.69) is 54.0 Å². The predicted molar refractivity (Wildman–Crippen MR) is 122 cm³/mol. The molecule has 5 nitrogen and oxygen atoms in total. The first-order valence-electron chi connectivity index (χ1n) is 10.6. The molecule has 0 fully saturated rings.